The molecule has 1 aromatic carbocycles. The average molecular weight is 201 g/mol. The van der Waals surface area contributed by atoms with Gasteiger partial charge in [0.25, 0.3) is 0 Å². The van der Waals surface area contributed by atoms with Crippen LogP contribution in [0.1, 0.15) is 5.76 Å². The van der Waals surface area contributed by atoms with Crippen LogP contribution in [0.25, 0.3) is 11.3 Å². The predicted molar refractivity (Wildman–Crippen MR) is 63.2 cm³/mol. The molecule has 78 valence electrons. The second-order valence-corrected chi connectivity index (χ2v) is 3.85. The van der Waals surface area contributed by atoms with E-state index in [4.69, 9.17) is 4.42 Å². The maximum absolute atomic E-state index is 5.56. The molecule has 0 spiro atoms. The maximum atomic E-state index is 5.56. The SMILES string of the molecule is Cc1ccc(-c2ccc(N(C)C)cc2)o1. The Hall–Kier alpha value is -1.70. The minimum absolute atomic E-state index is 0.929. The summed E-state index contributed by atoms with van der Waals surface area (Å²) in [6.07, 6.45) is 0. The van der Waals surface area contributed by atoms with E-state index >= 15 is 0 Å². The van der Waals surface area contributed by atoms with Crippen LogP contribution in [0, 0.1) is 6.92 Å². The summed E-state index contributed by atoms with van der Waals surface area (Å²) in [4.78, 5) is 2.08. The fourth-order valence-corrected chi connectivity index (χ4v) is 1.51. The first-order valence-electron chi connectivity index (χ1n) is 5.01. The number of furan rings is 1. The lowest BCUT2D eigenvalue weighted by Gasteiger charge is -2.12. The third-order valence-electron chi connectivity index (χ3n) is 2.41. The fourth-order valence-electron chi connectivity index (χ4n) is 1.51. The van der Waals surface area contributed by atoms with Crippen LogP contribution in [-0.2, 0) is 0 Å². The van der Waals surface area contributed by atoms with Gasteiger partial charge in [0.15, 0.2) is 0 Å². The largest absolute Gasteiger partial charge is 0.461 e. The van der Waals surface area contributed by atoms with E-state index < -0.39 is 0 Å². The van der Waals surface area contributed by atoms with Gasteiger partial charge in [0.2, 0.25) is 0 Å². The molecular weight excluding hydrogens is 186 g/mol. The van der Waals surface area contributed by atoms with Gasteiger partial charge in [-0.15, -0.1) is 0 Å². The normalized spacial score (nSPS) is 10.3. The summed E-state index contributed by atoms with van der Waals surface area (Å²) in [6.45, 7) is 1.96. The number of anilines is 1. The van der Waals surface area contributed by atoms with E-state index in [0.717, 1.165) is 17.1 Å². The van der Waals surface area contributed by atoms with Crippen LogP contribution in [0.15, 0.2) is 40.8 Å². The predicted octanol–water partition coefficient (Wildman–Crippen LogP) is 3.32. The molecule has 0 aliphatic rings. The Kier molecular flexibility index (Phi) is 2.50. The summed E-state index contributed by atoms with van der Waals surface area (Å²) in [6, 6.07) is 12.3. The fraction of sp³-hybridized carbons (Fsp3) is 0.231. The number of hydrogen-bond donors (Lipinski definition) is 0. The molecule has 0 fully saturated rings. The van der Waals surface area contributed by atoms with Crippen LogP contribution in [0.4, 0.5) is 5.69 Å². The number of rotatable bonds is 2. The Labute approximate surface area is 90.1 Å². The Balaban J connectivity index is 2.31. The smallest absolute Gasteiger partial charge is 0.134 e. The quantitative estimate of drug-likeness (QED) is 0.741. The van der Waals surface area contributed by atoms with Crippen molar-refractivity contribution in [2.24, 2.45) is 0 Å². The standard InChI is InChI=1S/C13H15NO/c1-10-4-9-13(15-10)11-5-7-12(8-6-11)14(2)3/h4-9H,1-3H3. The number of aryl methyl sites for hydroxylation is 1. The highest BCUT2D eigenvalue weighted by Crippen LogP contribution is 2.23. The van der Waals surface area contributed by atoms with Crippen molar-refractivity contribution in [3.05, 3.63) is 42.2 Å². The Morgan fingerprint density at radius 3 is 2.07 bits per heavy atom. The molecule has 1 heterocycles. The van der Waals surface area contributed by atoms with Gasteiger partial charge in [-0.1, -0.05) is 0 Å². The molecule has 0 saturated heterocycles. The van der Waals surface area contributed by atoms with Crippen LogP contribution in [-0.4, -0.2) is 14.1 Å². The van der Waals surface area contributed by atoms with Crippen molar-refractivity contribution in [1.82, 2.24) is 0 Å². The van der Waals surface area contributed by atoms with Crippen LogP contribution in [0.5, 0.6) is 0 Å². The molecule has 15 heavy (non-hydrogen) atoms. The first-order chi connectivity index (χ1) is 7.16. The average Bonchev–Trinajstić information content (AvgIpc) is 2.65. The molecular formula is C13H15NO. The minimum Gasteiger partial charge on any atom is -0.461 e. The summed E-state index contributed by atoms with van der Waals surface area (Å²) >= 11 is 0. The monoisotopic (exact) mass is 201 g/mol. The van der Waals surface area contributed by atoms with Gasteiger partial charge in [-0.2, -0.15) is 0 Å². The van der Waals surface area contributed by atoms with E-state index in [1.54, 1.807) is 0 Å². The molecule has 0 aliphatic heterocycles. The van der Waals surface area contributed by atoms with Gasteiger partial charge in [0.1, 0.15) is 11.5 Å². The topological polar surface area (TPSA) is 16.4 Å². The molecule has 0 aliphatic carbocycles. The molecule has 2 nitrogen and oxygen atoms in total. The molecule has 2 rings (SSSR count). The highest BCUT2D eigenvalue weighted by Gasteiger charge is 2.02. The number of hydrogen-bond acceptors (Lipinski definition) is 2. The van der Waals surface area contributed by atoms with Crippen molar-refractivity contribution in [1.29, 1.82) is 0 Å². The van der Waals surface area contributed by atoms with Crippen LogP contribution in [0.2, 0.25) is 0 Å². The molecule has 0 radical (unpaired) electrons. The van der Waals surface area contributed by atoms with Gasteiger partial charge in [0.05, 0.1) is 0 Å². The molecule has 0 atom stereocenters. The van der Waals surface area contributed by atoms with Crippen molar-refractivity contribution in [3.8, 4) is 11.3 Å². The molecule has 0 saturated carbocycles. The van der Waals surface area contributed by atoms with Crippen molar-refractivity contribution in [2.45, 2.75) is 6.92 Å². The van der Waals surface area contributed by atoms with Crippen LogP contribution in [0.3, 0.4) is 0 Å². The second-order valence-electron chi connectivity index (χ2n) is 3.85. The first kappa shape index (κ1) is 9.84. The number of benzene rings is 1. The van der Waals surface area contributed by atoms with Gasteiger partial charge >= 0.3 is 0 Å². The first-order valence-corrected chi connectivity index (χ1v) is 5.01. The highest BCUT2D eigenvalue weighted by atomic mass is 16.3. The molecule has 2 aromatic rings. The third-order valence-corrected chi connectivity index (χ3v) is 2.41. The minimum atomic E-state index is 0.929. The lowest BCUT2D eigenvalue weighted by Crippen LogP contribution is -2.07. The van der Waals surface area contributed by atoms with Gasteiger partial charge in [-0.25, -0.2) is 0 Å². The summed E-state index contributed by atoms with van der Waals surface area (Å²) < 4.78 is 5.56. The van der Waals surface area contributed by atoms with Gasteiger partial charge < -0.3 is 9.32 Å². The van der Waals surface area contributed by atoms with Gasteiger partial charge in [-0.3, -0.25) is 0 Å². The summed E-state index contributed by atoms with van der Waals surface area (Å²) in [7, 11) is 4.07. The Morgan fingerprint density at radius 1 is 0.933 bits per heavy atom. The van der Waals surface area contributed by atoms with E-state index in [0.29, 0.717) is 0 Å². The van der Waals surface area contributed by atoms with Crippen molar-refractivity contribution >= 4 is 5.69 Å². The van der Waals surface area contributed by atoms with E-state index in [1.807, 2.05) is 33.2 Å². The van der Waals surface area contributed by atoms with Gasteiger partial charge in [-0.05, 0) is 43.3 Å². The zero-order valence-electron chi connectivity index (χ0n) is 9.32. The van der Waals surface area contributed by atoms with E-state index in [1.165, 1.54) is 5.69 Å². The summed E-state index contributed by atoms with van der Waals surface area (Å²) in [5, 5.41) is 0. The molecule has 0 amide bonds. The van der Waals surface area contributed by atoms with Gasteiger partial charge in [0, 0.05) is 25.3 Å². The lowest BCUT2D eigenvalue weighted by atomic mass is 10.1. The van der Waals surface area contributed by atoms with Crippen LogP contribution < -0.4 is 4.90 Å². The highest BCUT2D eigenvalue weighted by molar-refractivity contribution is 5.61. The molecule has 2 heteroatoms. The van der Waals surface area contributed by atoms with Crippen molar-refractivity contribution < 1.29 is 4.42 Å². The third kappa shape index (κ3) is 2.04. The Bertz CT molecular complexity index is 440. The maximum Gasteiger partial charge on any atom is 0.134 e. The zero-order valence-corrected chi connectivity index (χ0v) is 9.32. The Morgan fingerprint density at radius 2 is 1.60 bits per heavy atom. The molecule has 1 aromatic heterocycles. The zero-order chi connectivity index (χ0) is 10.8. The second kappa shape index (κ2) is 3.81. The van der Waals surface area contributed by atoms with Crippen molar-refractivity contribution in [2.75, 3.05) is 19.0 Å². The lowest BCUT2D eigenvalue weighted by molar-refractivity contribution is 0.548. The van der Waals surface area contributed by atoms with E-state index in [2.05, 4.69) is 29.2 Å². The number of nitrogens with zero attached hydrogens (tertiary/aromatic N) is 1. The summed E-state index contributed by atoms with van der Waals surface area (Å²) in [5.41, 5.74) is 2.32. The van der Waals surface area contributed by atoms with E-state index in [-0.39, 0.29) is 0 Å². The van der Waals surface area contributed by atoms with E-state index in [9.17, 15) is 0 Å². The van der Waals surface area contributed by atoms with Crippen LogP contribution >= 0.6 is 0 Å². The molecule has 0 bridgehead atoms. The molecule has 0 unspecified atom stereocenters. The summed E-state index contributed by atoms with van der Waals surface area (Å²) in [5.74, 6) is 1.87. The molecule has 0 N–H and O–H groups in total. The van der Waals surface area contributed by atoms with Crippen molar-refractivity contribution in [3.63, 3.8) is 0 Å².